The SMILES string of the molecule is C#CCCCN1CCCC(CNC(C)(C)C)C1. The van der Waals surface area contributed by atoms with Crippen LogP contribution in [0.5, 0.6) is 0 Å². The van der Waals surface area contributed by atoms with Crippen LogP contribution in [-0.2, 0) is 0 Å². The number of likely N-dealkylation sites (tertiary alicyclic amines) is 1. The fourth-order valence-corrected chi connectivity index (χ4v) is 2.38. The molecule has 1 aliphatic heterocycles. The van der Waals surface area contributed by atoms with E-state index >= 15 is 0 Å². The Bertz CT molecular complexity index is 247. The van der Waals surface area contributed by atoms with E-state index in [4.69, 9.17) is 6.42 Å². The van der Waals surface area contributed by atoms with Crippen molar-refractivity contribution in [2.24, 2.45) is 5.92 Å². The van der Waals surface area contributed by atoms with Gasteiger partial charge in [0.25, 0.3) is 0 Å². The summed E-state index contributed by atoms with van der Waals surface area (Å²) in [5, 5.41) is 3.62. The Kier molecular flexibility index (Phi) is 6.02. The fourth-order valence-electron chi connectivity index (χ4n) is 2.38. The van der Waals surface area contributed by atoms with Crippen molar-refractivity contribution < 1.29 is 0 Å². The predicted octanol–water partition coefficient (Wildman–Crippen LogP) is 2.50. The average molecular weight is 236 g/mol. The highest BCUT2D eigenvalue weighted by Gasteiger charge is 2.20. The molecule has 0 spiro atoms. The first-order valence-electron chi connectivity index (χ1n) is 6.92. The molecule has 17 heavy (non-hydrogen) atoms. The summed E-state index contributed by atoms with van der Waals surface area (Å²) in [4.78, 5) is 2.58. The summed E-state index contributed by atoms with van der Waals surface area (Å²) in [6.45, 7) is 11.5. The molecule has 1 heterocycles. The molecule has 0 amide bonds. The van der Waals surface area contributed by atoms with Crippen LogP contribution in [0.3, 0.4) is 0 Å². The molecule has 2 nitrogen and oxygen atoms in total. The Morgan fingerprint density at radius 1 is 1.41 bits per heavy atom. The second-order valence-electron chi connectivity index (χ2n) is 6.25. The lowest BCUT2D eigenvalue weighted by molar-refractivity contribution is 0.165. The molecule has 0 aromatic rings. The van der Waals surface area contributed by atoms with E-state index in [0.29, 0.717) is 0 Å². The van der Waals surface area contributed by atoms with Crippen molar-refractivity contribution in [3.8, 4) is 12.3 Å². The molecule has 1 unspecified atom stereocenters. The van der Waals surface area contributed by atoms with E-state index in [0.717, 1.165) is 25.3 Å². The van der Waals surface area contributed by atoms with Gasteiger partial charge >= 0.3 is 0 Å². The van der Waals surface area contributed by atoms with Crippen LogP contribution in [-0.4, -0.2) is 36.6 Å². The number of hydrogen-bond acceptors (Lipinski definition) is 2. The van der Waals surface area contributed by atoms with E-state index in [9.17, 15) is 0 Å². The Labute approximate surface area is 107 Å². The molecular weight excluding hydrogens is 208 g/mol. The molecule has 1 aliphatic rings. The van der Waals surface area contributed by atoms with Crippen LogP contribution in [0.2, 0.25) is 0 Å². The van der Waals surface area contributed by atoms with Crippen molar-refractivity contribution in [3.05, 3.63) is 0 Å². The summed E-state index contributed by atoms with van der Waals surface area (Å²) in [6, 6.07) is 0. The predicted molar refractivity (Wildman–Crippen MR) is 75.0 cm³/mol. The van der Waals surface area contributed by atoms with Gasteiger partial charge < -0.3 is 10.2 Å². The first-order chi connectivity index (χ1) is 8.01. The molecule has 0 saturated carbocycles. The van der Waals surface area contributed by atoms with Gasteiger partial charge in [-0.2, -0.15) is 0 Å². The molecule has 1 N–H and O–H groups in total. The summed E-state index contributed by atoms with van der Waals surface area (Å²) in [7, 11) is 0. The zero-order valence-electron chi connectivity index (χ0n) is 11.8. The minimum absolute atomic E-state index is 0.242. The number of terminal acetylenes is 1. The number of nitrogens with one attached hydrogen (secondary N) is 1. The maximum absolute atomic E-state index is 5.29. The minimum Gasteiger partial charge on any atom is -0.312 e. The van der Waals surface area contributed by atoms with Crippen molar-refractivity contribution in [3.63, 3.8) is 0 Å². The van der Waals surface area contributed by atoms with Gasteiger partial charge in [-0.15, -0.1) is 12.3 Å². The fraction of sp³-hybridized carbons (Fsp3) is 0.867. The van der Waals surface area contributed by atoms with Crippen LogP contribution < -0.4 is 5.32 Å². The molecule has 1 fully saturated rings. The lowest BCUT2D eigenvalue weighted by Gasteiger charge is -2.34. The van der Waals surface area contributed by atoms with Gasteiger partial charge in [0.15, 0.2) is 0 Å². The largest absolute Gasteiger partial charge is 0.312 e. The summed E-state index contributed by atoms with van der Waals surface area (Å²) in [6.07, 6.45) is 10.1. The van der Waals surface area contributed by atoms with E-state index in [2.05, 4.69) is 36.9 Å². The molecule has 1 saturated heterocycles. The Morgan fingerprint density at radius 2 is 2.18 bits per heavy atom. The highest BCUT2D eigenvalue weighted by Crippen LogP contribution is 2.17. The third kappa shape index (κ3) is 6.71. The normalized spacial score (nSPS) is 22.4. The highest BCUT2D eigenvalue weighted by atomic mass is 15.1. The lowest BCUT2D eigenvalue weighted by atomic mass is 9.96. The first kappa shape index (κ1) is 14.5. The molecular formula is C15H28N2. The molecule has 2 heteroatoms. The maximum Gasteiger partial charge on any atom is 0.00982 e. The molecule has 0 bridgehead atoms. The van der Waals surface area contributed by atoms with Crippen LogP contribution in [0, 0.1) is 18.3 Å². The third-order valence-corrected chi connectivity index (χ3v) is 3.32. The van der Waals surface area contributed by atoms with Crippen LogP contribution in [0.25, 0.3) is 0 Å². The lowest BCUT2D eigenvalue weighted by Crippen LogP contribution is -2.44. The van der Waals surface area contributed by atoms with Gasteiger partial charge in [0, 0.05) is 18.5 Å². The van der Waals surface area contributed by atoms with E-state index < -0.39 is 0 Å². The summed E-state index contributed by atoms with van der Waals surface area (Å²) in [5.74, 6) is 3.54. The zero-order valence-corrected chi connectivity index (χ0v) is 11.8. The van der Waals surface area contributed by atoms with E-state index in [1.165, 1.54) is 32.5 Å². The van der Waals surface area contributed by atoms with Gasteiger partial charge in [-0.3, -0.25) is 0 Å². The quantitative estimate of drug-likeness (QED) is 0.583. The Balaban J connectivity index is 2.22. The van der Waals surface area contributed by atoms with Gasteiger partial charge in [0.1, 0.15) is 0 Å². The van der Waals surface area contributed by atoms with Crippen LogP contribution >= 0.6 is 0 Å². The smallest absolute Gasteiger partial charge is 0.00982 e. The van der Waals surface area contributed by atoms with E-state index in [-0.39, 0.29) is 5.54 Å². The number of piperidine rings is 1. The van der Waals surface area contributed by atoms with E-state index in [1.54, 1.807) is 0 Å². The van der Waals surface area contributed by atoms with Gasteiger partial charge in [-0.1, -0.05) is 0 Å². The second-order valence-corrected chi connectivity index (χ2v) is 6.25. The molecule has 0 aromatic carbocycles. The summed E-state index contributed by atoms with van der Waals surface area (Å²) in [5.41, 5.74) is 0.242. The van der Waals surface area contributed by atoms with Crippen LogP contribution in [0.15, 0.2) is 0 Å². The number of nitrogens with zero attached hydrogens (tertiary/aromatic N) is 1. The molecule has 0 radical (unpaired) electrons. The standard InChI is InChI=1S/C15H28N2/c1-5-6-7-10-17-11-8-9-14(13-17)12-16-15(2,3)4/h1,14,16H,6-13H2,2-4H3. The van der Waals surface area contributed by atoms with Crippen molar-refractivity contribution in [2.45, 2.75) is 52.0 Å². The average Bonchev–Trinajstić information content (AvgIpc) is 2.27. The molecule has 98 valence electrons. The highest BCUT2D eigenvalue weighted by molar-refractivity contribution is 4.84. The summed E-state index contributed by atoms with van der Waals surface area (Å²) >= 11 is 0. The molecule has 0 aliphatic carbocycles. The zero-order chi connectivity index (χ0) is 12.7. The Hall–Kier alpha value is -0.520. The van der Waals surface area contributed by atoms with Gasteiger partial charge in [0.2, 0.25) is 0 Å². The third-order valence-electron chi connectivity index (χ3n) is 3.32. The maximum atomic E-state index is 5.29. The van der Waals surface area contributed by atoms with Crippen molar-refractivity contribution >= 4 is 0 Å². The number of rotatable bonds is 5. The van der Waals surface area contributed by atoms with Crippen LogP contribution in [0.4, 0.5) is 0 Å². The van der Waals surface area contributed by atoms with Crippen LogP contribution in [0.1, 0.15) is 46.5 Å². The molecule has 1 rings (SSSR count). The Morgan fingerprint density at radius 3 is 2.82 bits per heavy atom. The van der Waals surface area contributed by atoms with Crippen molar-refractivity contribution in [1.29, 1.82) is 0 Å². The first-order valence-corrected chi connectivity index (χ1v) is 6.92. The number of unbranched alkanes of at least 4 members (excludes halogenated alkanes) is 1. The van der Waals surface area contributed by atoms with Crippen molar-refractivity contribution in [2.75, 3.05) is 26.2 Å². The number of hydrogen-bond donors (Lipinski definition) is 1. The minimum atomic E-state index is 0.242. The molecule has 0 aromatic heterocycles. The van der Waals surface area contributed by atoms with Gasteiger partial charge in [-0.25, -0.2) is 0 Å². The summed E-state index contributed by atoms with van der Waals surface area (Å²) < 4.78 is 0. The van der Waals surface area contributed by atoms with Crippen molar-refractivity contribution in [1.82, 2.24) is 10.2 Å². The topological polar surface area (TPSA) is 15.3 Å². The van der Waals surface area contributed by atoms with E-state index in [1.807, 2.05) is 0 Å². The van der Waals surface area contributed by atoms with Gasteiger partial charge in [0.05, 0.1) is 0 Å². The van der Waals surface area contributed by atoms with Gasteiger partial charge in [-0.05, 0) is 65.6 Å². The second kappa shape index (κ2) is 7.03. The molecule has 1 atom stereocenters. The monoisotopic (exact) mass is 236 g/mol.